The highest BCUT2D eigenvalue weighted by molar-refractivity contribution is 5.99. The highest BCUT2D eigenvalue weighted by Gasteiger charge is 2.22. The van der Waals surface area contributed by atoms with Gasteiger partial charge in [0.15, 0.2) is 11.5 Å². The molecule has 1 saturated heterocycles. The van der Waals surface area contributed by atoms with Crippen molar-refractivity contribution in [2.45, 2.75) is 25.8 Å². The van der Waals surface area contributed by atoms with Crippen LogP contribution in [0.25, 0.3) is 0 Å². The lowest BCUT2D eigenvalue weighted by Gasteiger charge is -2.18. The molecule has 0 saturated carbocycles. The molecule has 1 unspecified atom stereocenters. The topological polar surface area (TPSA) is 67.9 Å². The average molecular weight is 368 g/mol. The van der Waals surface area contributed by atoms with Gasteiger partial charge < -0.3 is 19.7 Å². The number of carbonyl (C=O) groups excluding carboxylic acids is 2. The molecule has 6 nitrogen and oxygen atoms in total. The van der Waals surface area contributed by atoms with Crippen LogP contribution in [0.1, 0.15) is 41.7 Å². The predicted octanol–water partition coefficient (Wildman–Crippen LogP) is 3.32. The quantitative estimate of drug-likeness (QED) is 0.849. The summed E-state index contributed by atoms with van der Waals surface area (Å²) in [5.41, 5.74) is 2.20. The van der Waals surface area contributed by atoms with Crippen molar-refractivity contribution in [1.29, 1.82) is 0 Å². The monoisotopic (exact) mass is 368 g/mol. The first-order valence-electron chi connectivity index (χ1n) is 8.96. The second-order valence-electron chi connectivity index (χ2n) is 6.51. The Bertz CT molecular complexity index is 850. The minimum absolute atomic E-state index is 0.103. The van der Waals surface area contributed by atoms with E-state index in [2.05, 4.69) is 5.32 Å². The highest BCUT2D eigenvalue weighted by atomic mass is 16.5. The van der Waals surface area contributed by atoms with Gasteiger partial charge in [0.2, 0.25) is 5.91 Å². The van der Waals surface area contributed by atoms with Crippen LogP contribution in [0.5, 0.6) is 11.5 Å². The third-order valence-electron chi connectivity index (χ3n) is 4.75. The summed E-state index contributed by atoms with van der Waals surface area (Å²) in [5, 5.41) is 2.99. The molecule has 0 aliphatic carbocycles. The van der Waals surface area contributed by atoms with Crippen LogP contribution >= 0.6 is 0 Å². The van der Waals surface area contributed by atoms with Crippen molar-refractivity contribution in [1.82, 2.24) is 5.32 Å². The Hall–Kier alpha value is -3.02. The third kappa shape index (κ3) is 4.05. The summed E-state index contributed by atoms with van der Waals surface area (Å²) in [6, 6.07) is 12.5. The Morgan fingerprint density at radius 1 is 1.11 bits per heavy atom. The zero-order valence-electron chi connectivity index (χ0n) is 15.8. The van der Waals surface area contributed by atoms with Crippen molar-refractivity contribution in [2.24, 2.45) is 0 Å². The summed E-state index contributed by atoms with van der Waals surface area (Å²) in [6.45, 7) is 2.61. The van der Waals surface area contributed by atoms with E-state index in [-0.39, 0.29) is 17.9 Å². The van der Waals surface area contributed by atoms with E-state index in [9.17, 15) is 9.59 Å². The van der Waals surface area contributed by atoms with Crippen molar-refractivity contribution in [3.05, 3.63) is 53.6 Å². The van der Waals surface area contributed by atoms with Gasteiger partial charge in [0, 0.05) is 24.2 Å². The van der Waals surface area contributed by atoms with Gasteiger partial charge in [-0.25, -0.2) is 0 Å². The van der Waals surface area contributed by atoms with E-state index in [1.54, 1.807) is 37.3 Å². The molecule has 0 bridgehead atoms. The Balaban J connectivity index is 1.74. The molecule has 1 atom stereocenters. The van der Waals surface area contributed by atoms with Crippen LogP contribution < -0.4 is 19.7 Å². The highest BCUT2D eigenvalue weighted by Crippen LogP contribution is 2.30. The van der Waals surface area contributed by atoms with Gasteiger partial charge in [-0.1, -0.05) is 12.1 Å². The number of rotatable bonds is 6. The first-order chi connectivity index (χ1) is 13.0. The summed E-state index contributed by atoms with van der Waals surface area (Å²) in [4.78, 5) is 26.3. The first-order valence-corrected chi connectivity index (χ1v) is 8.96. The molecule has 6 heteroatoms. The van der Waals surface area contributed by atoms with Crippen molar-refractivity contribution in [3.8, 4) is 11.5 Å². The SMILES string of the molecule is COc1ccc(C(C)NC(=O)c2cccc(N3CCCC3=O)c2)cc1OC. The van der Waals surface area contributed by atoms with E-state index in [1.807, 2.05) is 31.2 Å². The van der Waals surface area contributed by atoms with Gasteiger partial charge in [-0.15, -0.1) is 0 Å². The fourth-order valence-corrected chi connectivity index (χ4v) is 3.22. The number of carbonyl (C=O) groups is 2. The number of anilines is 1. The normalized spacial score (nSPS) is 14.8. The van der Waals surface area contributed by atoms with E-state index >= 15 is 0 Å². The zero-order valence-corrected chi connectivity index (χ0v) is 15.8. The molecule has 1 N–H and O–H groups in total. The van der Waals surface area contributed by atoms with Gasteiger partial charge >= 0.3 is 0 Å². The van der Waals surface area contributed by atoms with Gasteiger partial charge in [0.25, 0.3) is 5.91 Å². The summed E-state index contributed by atoms with van der Waals surface area (Å²) < 4.78 is 10.6. The number of amides is 2. The molecule has 2 aromatic rings. The van der Waals surface area contributed by atoms with Crippen molar-refractivity contribution in [3.63, 3.8) is 0 Å². The molecule has 1 aliphatic heterocycles. The Kier molecular flexibility index (Phi) is 5.64. The van der Waals surface area contributed by atoms with E-state index in [0.717, 1.165) is 17.7 Å². The summed E-state index contributed by atoms with van der Waals surface area (Å²) >= 11 is 0. The van der Waals surface area contributed by atoms with Crippen LogP contribution in [0.4, 0.5) is 5.69 Å². The van der Waals surface area contributed by atoms with Crippen molar-refractivity contribution >= 4 is 17.5 Å². The molecule has 0 spiro atoms. The van der Waals surface area contributed by atoms with E-state index in [1.165, 1.54) is 0 Å². The molecule has 0 aromatic heterocycles. The number of benzene rings is 2. The van der Waals surface area contributed by atoms with Gasteiger partial charge in [0.05, 0.1) is 20.3 Å². The van der Waals surface area contributed by atoms with Crippen LogP contribution in [0.2, 0.25) is 0 Å². The van der Waals surface area contributed by atoms with Crippen LogP contribution in [0.3, 0.4) is 0 Å². The molecule has 1 fully saturated rings. The zero-order chi connectivity index (χ0) is 19.4. The standard InChI is InChI=1S/C21H24N2O4/c1-14(15-9-10-18(26-2)19(13-15)27-3)22-21(25)16-6-4-7-17(12-16)23-11-5-8-20(23)24/h4,6-7,9-10,12-14H,5,8,11H2,1-3H3,(H,22,25). The lowest BCUT2D eigenvalue weighted by atomic mass is 10.1. The Labute approximate surface area is 159 Å². The van der Waals surface area contributed by atoms with E-state index in [0.29, 0.717) is 30.0 Å². The number of nitrogens with one attached hydrogen (secondary N) is 1. The van der Waals surface area contributed by atoms with Gasteiger partial charge in [0.1, 0.15) is 0 Å². The minimum Gasteiger partial charge on any atom is -0.493 e. The maximum absolute atomic E-state index is 12.7. The summed E-state index contributed by atoms with van der Waals surface area (Å²) in [6.07, 6.45) is 1.42. The molecular weight excluding hydrogens is 344 g/mol. The number of hydrogen-bond donors (Lipinski definition) is 1. The maximum atomic E-state index is 12.7. The fraction of sp³-hybridized carbons (Fsp3) is 0.333. The fourth-order valence-electron chi connectivity index (χ4n) is 3.22. The molecule has 1 heterocycles. The smallest absolute Gasteiger partial charge is 0.251 e. The Morgan fingerprint density at radius 3 is 2.56 bits per heavy atom. The second-order valence-corrected chi connectivity index (χ2v) is 6.51. The van der Waals surface area contributed by atoms with Crippen molar-refractivity contribution in [2.75, 3.05) is 25.7 Å². The molecular formula is C21H24N2O4. The van der Waals surface area contributed by atoms with Gasteiger partial charge in [-0.3, -0.25) is 9.59 Å². The number of ether oxygens (including phenoxy) is 2. The van der Waals surface area contributed by atoms with E-state index < -0.39 is 0 Å². The second kappa shape index (κ2) is 8.12. The lowest BCUT2D eigenvalue weighted by Crippen LogP contribution is -2.28. The van der Waals surface area contributed by atoms with Crippen LogP contribution in [0, 0.1) is 0 Å². The molecule has 2 amide bonds. The third-order valence-corrected chi connectivity index (χ3v) is 4.75. The minimum atomic E-state index is -0.214. The predicted molar refractivity (Wildman–Crippen MR) is 103 cm³/mol. The van der Waals surface area contributed by atoms with Crippen molar-refractivity contribution < 1.29 is 19.1 Å². The number of methoxy groups -OCH3 is 2. The van der Waals surface area contributed by atoms with Crippen LogP contribution in [-0.2, 0) is 4.79 Å². The lowest BCUT2D eigenvalue weighted by molar-refractivity contribution is -0.117. The molecule has 3 rings (SSSR count). The average Bonchev–Trinajstić information content (AvgIpc) is 3.13. The van der Waals surface area contributed by atoms with E-state index in [4.69, 9.17) is 9.47 Å². The van der Waals surface area contributed by atoms with Crippen LogP contribution in [0.15, 0.2) is 42.5 Å². The summed E-state index contributed by atoms with van der Waals surface area (Å²) in [7, 11) is 3.16. The molecule has 2 aromatic carbocycles. The molecule has 27 heavy (non-hydrogen) atoms. The maximum Gasteiger partial charge on any atom is 0.251 e. The largest absolute Gasteiger partial charge is 0.493 e. The summed E-state index contributed by atoms with van der Waals surface area (Å²) in [5.74, 6) is 1.17. The first kappa shape index (κ1) is 18.8. The number of nitrogens with zero attached hydrogens (tertiary/aromatic N) is 1. The number of hydrogen-bond acceptors (Lipinski definition) is 4. The Morgan fingerprint density at radius 2 is 1.89 bits per heavy atom. The van der Waals surface area contributed by atoms with Gasteiger partial charge in [-0.05, 0) is 49.2 Å². The molecule has 142 valence electrons. The van der Waals surface area contributed by atoms with Gasteiger partial charge in [-0.2, -0.15) is 0 Å². The van der Waals surface area contributed by atoms with Crippen LogP contribution in [-0.4, -0.2) is 32.6 Å². The molecule has 1 aliphatic rings. The molecule has 0 radical (unpaired) electrons.